The number of aromatic amines is 1. The molecule has 12 N–H and O–H groups in total. The minimum Gasteiger partial charge on any atom is -0.497 e. The Morgan fingerprint density at radius 3 is 2.01 bits per heavy atom. The molecule has 4 aliphatic heterocycles. The summed E-state index contributed by atoms with van der Waals surface area (Å²) in [4.78, 5) is 66.8. The Kier molecular flexibility index (Phi) is 22.0. The van der Waals surface area contributed by atoms with Crippen LogP contribution in [-0.4, -0.2) is 255 Å². The Morgan fingerprint density at radius 2 is 1.36 bits per heavy atom. The number of aliphatic hydroxyl groups excluding tert-OH is 9. The smallest absolute Gasteiger partial charge is 0.497 e. The van der Waals surface area contributed by atoms with Gasteiger partial charge in [-0.05, 0) is 83.6 Å². The second kappa shape index (κ2) is 29.1. The predicted octanol–water partition coefficient (Wildman–Crippen LogP) is 0.947. The maximum atomic E-state index is 14.9. The number of carbonyl (C=O) groups is 4. The van der Waals surface area contributed by atoms with E-state index in [-0.39, 0.29) is 60.2 Å². The normalized spacial score (nSPS) is 27.9. The SMILES string of the molecule is COc1ccc2c(OS(=O)(=O)Oc3cc(C(=O)N(C)CC(C)(C)COCC(C)(C)N=[N+]=[N-])ccc3O[C@@H]3O[C@H](C(=O)O)[C@@H](O)[C@H](O)[C@H]3O)cc3c(c2c1)[C@H](CCl)CN3C(=O)c1cc2cc(/C(C)=N/O[C@@H]3O[C@H](CO[C@@H]4OC(C(=O)O)[C@@H](O)[C@H](O)[C@H]4O)[C@H](O)[C@H](O)[C@H]3O)ccc2[nH]1. The molecule has 0 saturated carbocycles. The van der Waals surface area contributed by atoms with Crippen molar-refractivity contribution in [1.29, 1.82) is 0 Å². The van der Waals surface area contributed by atoms with Gasteiger partial charge in [-0.1, -0.05) is 44.0 Å². The van der Waals surface area contributed by atoms with Crippen molar-refractivity contribution < 1.29 is 130 Å². The van der Waals surface area contributed by atoms with E-state index in [9.17, 15) is 83.8 Å². The van der Waals surface area contributed by atoms with Gasteiger partial charge in [0.15, 0.2) is 35.7 Å². The van der Waals surface area contributed by atoms with Crippen LogP contribution in [0.15, 0.2) is 77.0 Å². The molecule has 0 spiro atoms. The molecule has 0 bridgehead atoms. The van der Waals surface area contributed by atoms with E-state index >= 15 is 0 Å². The zero-order chi connectivity index (χ0) is 70.2. The van der Waals surface area contributed by atoms with E-state index in [0.717, 1.165) is 12.1 Å². The molecule has 3 fully saturated rings. The van der Waals surface area contributed by atoms with Crippen LogP contribution in [0.1, 0.15) is 72.5 Å². The number of fused-ring (bicyclic) bond motifs is 4. The lowest BCUT2D eigenvalue weighted by molar-refractivity contribution is -0.327. The first kappa shape index (κ1) is 72.5. The topological polar surface area (TPSA) is 501 Å². The van der Waals surface area contributed by atoms with Gasteiger partial charge >= 0.3 is 22.3 Å². The molecule has 1 aromatic heterocycles. The van der Waals surface area contributed by atoms with Gasteiger partial charge in [0.2, 0.25) is 6.29 Å². The number of oxime groups is 1. The van der Waals surface area contributed by atoms with Crippen molar-refractivity contribution in [2.45, 2.75) is 138 Å². The molecule has 3 saturated heterocycles. The average molecular weight is 1390 g/mol. The van der Waals surface area contributed by atoms with Gasteiger partial charge in [0.25, 0.3) is 18.1 Å². The van der Waals surface area contributed by atoms with Crippen molar-refractivity contribution >= 4 is 78.8 Å². The first-order chi connectivity index (χ1) is 45.2. The number of hydrogen-bond donors (Lipinski definition) is 12. The van der Waals surface area contributed by atoms with Crippen molar-refractivity contribution in [1.82, 2.24) is 9.88 Å². The number of halogens is 1. The summed E-state index contributed by atoms with van der Waals surface area (Å²) in [6.45, 7) is 7.92. The van der Waals surface area contributed by atoms with E-state index < -0.39 is 167 Å². The number of ether oxygens (including phenoxy) is 7. The highest BCUT2D eigenvalue weighted by Gasteiger charge is 2.51. The Morgan fingerprint density at radius 1 is 0.740 bits per heavy atom. The summed E-state index contributed by atoms with van der Waals surface area (Å²) in [5.74, 6) is -6.83. The van der Waals surface area contributed by atoms with Gasteiger partial charge < -0.3 is 117 Å². The van der Waals surface area contributed by atoms with Crippen LogP contribution >= 0.6 is 11.6 Å². The second-order valence-corrected chi connectivity index (χ2v) is 26.2. The molecule has 4 aliphatic rings. The number of aromatic nitrogens is 1. The van der Waals surface area contributed by atoms with Crippen LogP contribution in [0.5, 0.6) is 23.0 Å². The van der Waals surface area contributed by atoms with Crippen LogP contribution in [0.4, 0.5) is 5.69 Å². The summed E-state index contributed by atoms with van der Waals surface area (Å²) in [6.07, 6.45) is -29.4. The Balaban J connectivity index is 0.970. The number of carbonyl (C=O) groups excluding carboxylic acids is 2. The molecule has 36 heteroatoms. The van der Waals surface area contributed by atoms with Crippen molar-refractivity contribution in [3.05, 3.63) is 99.6 Å². The van der Waals surface area contributed by atoms with E-state index in [2.05, 4.69) is 20.2 Å². The van der Waals surface area contributed by atoms with Gasteiger partial charge in [-0.3, -0.25) is 9.59 Å². The zero-order valence-corrected chi connectivity index (χ0v) is 53.8. The lowest BCUT2D eigenvalue weighted by atomic mass is 9.93. The third-order valence-electron chi connectivity index (χ3n) is 16.2. The quantitative estimate of drug-likeness (QED) is 0.00966. The number of aliphatic carboxylic acids is 2. The molecular weight excluding hydrogens is 1320 g/mol. The van der Waals surface area contributed by atoms with Gasteiger partial charge in [-0.25, -0.2) is 9.59 Å². The summed E-state index contributed by atoms with van der Waals surface area (Å²) < 4.78 is 79.0. The van der Waals surface area contributed by atoms with E-state index in [1.54, 1.807) is 52.0 Å². The van der Waals surface area contributed by atoms with Gasteiger partial charge in [-0.2, -0.15) is 0 Å². The minimum absolute atomic E-state index is 0.0349. The predicted molar refractivity (Wildman–Crippen MR) is 331 cm³/mol. The summed E-state index contributed by atoms with van der Waals surface area (Å²) in [5.41, 5.74) is 8.84. The number of methoxy groups -OCH3 is 1. The number of alkyl halides is 1. The first-order valence-electron chi connectivity index (χ1n) is 29.5. The highest BCUT2D eigenvalue weighted by molar-refractivity contribution is 7.82. The van der Waals surface area contributed by atoms with Gasteiger partial charge in [-0.15, -0.1) is 20.0 Å². The fourth-order valence-electron chi connectivity index (χ4n) is 11.3. The minimum atomic E-state index is -5.43. The lowest BCUT2D eigenvalue weighted by Crippen LogP contribution is -2.62. The number of rotatable bonds is 25. The molecule has 1 unspecified atom stereocenters. The van der Waals surface area contributed by atoms with E-state index in [0.29, 0.717) is 33.2 Å². The highest BCUT2D eigenvalue weighted by atomic mass is 35.5. The molecule has 96 heavy (non-hydrogen) atoms. The van der Waals surface area contributed by atoms with Crippen LogP contribution in [0.3, 0.4) is 0 Å². The van der Waals surface area contributed by atoms with Gasteiger partial charge in [0, 0.05) is 70.2 Å². The van der Waals surface area contributed by atoms with Crippen molar-refractivity contribution in [3.8, 4) is 23.0 Å². The van der Waals surface area contributed by atoms with Crippen LogP contribution in [0.2, 0.25) is 0 Å². The molecule has 0 aliphatic carbocycles. The zero-order valence-electron chi connectivity index (χ0n) is 52.3. The Labute approximate surface area is 551 Å². The van der Waals surface area contributed by atoms with Crippen molar-refractivity contribution in [3.63, 3.8) is 0 Å². The van der Waals surface area contributed by atoms with Crippen LogP contribution < -0.4 is 22.7 Å². The number of hydrogen-bond acceptors (Lipinski definition) is 27. The molecule has 34 nitrogen and oxygen atoms in total. The number of nitrogens with zero attached hydrogens (tertiary/aromatic N) is 6. The van der Waals surface area contributed by atoms with Gasteiger partial charge in [0.1, 0.15) is 72.5 Å². The first-order valence-corrected chi connectivity index (χ1v) is 31.4. The lowest BCUT2D eigenvalue weighted by Gasteiger charge is -2.41. The summed E-state index contributed by atoms with van der Waals surface area (Å²) in [7, 11) is -2.58. The number of azide groups is 1. The maximum absolute atomic E-state index is 14.9. The maximum Gasteiger partial charge on any atom is 0.501 e. The van der Waals surface area contributed by atoms with E-state index in [4.69, 9.17) is 63.5 Å². The fraction of sp³-hybridized carbons (Fsp3) is 0.517. The fourth-order valence-corrected chi connectivity index (χ4v) is 12.3. The average Bonchev–Trinajstić information content (AvgIpc) is 1.54. The number of amides is 2. The number of H-pyrrole nitrogens is 1. The Bertz CT molecular complexity index is 3930. The molecule has 0 radical (unpaired) electrons. The molecule has 522 valence electrons. The third-order valence-corrected chi connectivity index (χ3v) is 17.4. The number of carboxylic acids is 2. The highest BCUT2D eigenvalue weighted by Crippen LogP contribution is 2.48. The molecule has 9 rings (SSSR count). The molecule has 5 heterocycles. The molecule has 4 aromatic carbocycles. The summed E-state index contributed by atoms with van der Waals surface area (Å²) >= 11 is 6.63. The van der Waals surface area contributed by atoms with E-state index in [1.807, 2.05) is 0 Å². The number of nitrogens with one attached hydrogen (secondary N) is 1. The number of aliphatic hydroxyl groups is 9. The molecule has 5 aromatic rings. The van der Waals surface area contributed by atoms with Crippen molar-refractivity contribution in [2.24, 2.45) is 15.7 Å². The molecule has 2 amide bonds. The summed E-state index contributed by atoms with van der Waals surface area (Å²) in [6, 6.07) is 15.4. The number of benzene rings is 4. The van der Waals surface area contributed by atoms with Crippen LogP contribution in [-0.2, 0) is 48.5 Å². The molecule has 16 atom stereocenters. The largest absolute Gasteiger partial charge is 0.501 e. The van der Waals surface area contributed by atoms with E-state index in [1.165, 1.54) is 61.2 Å². The third kappa shape index (κ3) is 15.6. The number of anilines is 1. The molecular formula is C60H72ClN7O27S. The van der Waals surface area contributed by atoms with Gasteiger partial charge in [0.05, 0.1) is 43.9 Å². The van der Waals surface area contributed by atoms with Crippen LogP contribution in [0, 0.1) is 5.41 Å². The van der Waals surface area contributed by atoms with Crippen molar-refractivity contribution in [2.75, 3.05) is 57.8 Å². The monoisotopic (exact) mass is 1390 g/mol. The second-order valence-electron chi connectivity index (χ2n) is 24.7. The van der Waals surface area contributed by atoms with Crippen LogP contribution in [0.25, 0.3) is 32.1 Å². The number of carboxylic acid groups (broad SMARTS) is 2. The Hall–Kier alpha value is -7.78. The standard InChI is InChI=1S/C60H72ClN7O27S/c1-25(64-93-58-49(77)42(70)41(69)39(90-58)21-88-56-47(75)43(71)45(73)50(91-56)54(80)81)26-8-12-33-28(14-26)15-34(63-33)53(79)68-20-29(19-61)40-32-17-30(86-7)10-11-31(32)37(18-35(40)68)94-96(84,85)95-38-16-27(52(78)67(6)22-59(2,3)23-87-24-60(4,5)65-66-62)9-13-36(38)89-57-48(76)44(72)46(74)51(92-57)55(82)83/h8-18,29,39,41-51,56-58,63,69-77H,19-24H2,1-7H3,(H,80,81)(H,82,83)/b64-25+/t29-,39-,41+,42+,43+,44+,45+,46+,47-,48-,49-,50?,51+,56-,57-,58+/m1/s1. The summed E-state index contributed by atoms with van der Waals surface area (Å²) in [5, 5.41) is 123.